The van der Waals surface area contributed by atoms with Crippen LogP contribution in [0.2, 0.25) is 0 Å². The van der Waals surface area contributed by atoms with Gasteiger partial charge in [0.25, 0.3) is 0 Å². The number of aliphatic hydroxyl groups excluding tert-OH is 1. The Morgan fingerprint density at radius 2 is 1.84 bits per heavy atom. The van der Waals surface area contributed by atoms with Crippen molar-refractivity contribution in [2.45, 2.75) is 52.2 Å². The number of nitrogens with zero attached hydrogens (tertiary/aromatic N) is 1. The molecule has 1 N–H and O–H groups in total. The van der Waals surface area contributed by atoms with Gasteiger partial charge in [-0.1, -0.05) is 27.2 Å². The van der Waals surface area contributed by atoms with Gasteiger partial charge in [0.05, 0.1) is 33.9 Å². The lowest BCUT2D eigenvalue weighted by Gasteiger charge is -2.37. The predicted molar refractivity (Wildman–Crippen MR) is 80.0 cm³/mol. The fourth-order valence-electron chi connectivity index (χ4n) is 3.23. The number of quaternary nitrogens is 1. The lowest BCUT2D eigenvalue weighted by Crippen LogP contribution is -2.44. The molecule has 114 valence electrons. The van der Waals surface area contributed by atoms with E-state index >= 15 is 0 Å². The van der Waals surface area contributed by atoms with E-state index in [0.29, 0.717) is 24.5 Å². The van der Waals surface area contributed by atoms with E-state index in [1.54, 1.807) is 0 Å². The summed E-state index contributed by atoms with van der Waals surface area (Å²) in [5, 5.41) is 10.1. The molecule has 0 spiro atoms. The van der Waals surface area contributed by atoms with E-state index in [2.05, 4.69) is 41.9 Å². The SMILES string of the molecule is CC(C)[C@H]1CC[C@H](C)C[C@H]1OC[C@H](O)C[N+](C)(C)C. The lowest BCUT2D eigenvalue weighted by molar-refractivity contribution is -0.873. The van der Waals surface area contributed by atoms with Gasteiger partial charge in [-0.25, -0.2) is 0 Å². The second-order valence-electron chi connectivity index (χ2n) is 7.82. The molecular formula is C16H34NO2+. The molecule has 1 rings (SSSR count). The quantitative estimate of drug-likeness (QED) is 0.753. The predicted octanol–water partition coefficient (Wildman–Crippen LogP) is 2.53. The molecule has 0 saturated heterocycles. The first kappa shape index (κ1) is 16.9. The minimum Gasteiger partial charge on any atom is -0.385 e. The van der Waals surface area contributed by atoms with Crippen LogP contribution in [0, 0.1) is 17.8 Å². The summed E-state index contributed by atoms with van der Waals surface area (Å²) in [6, 6.07) is 0. The monoisotopic (exact) mass is 272 g/mol. The summed E-state index contributed by atoms with van der Waals surface area (Å²) in [6.07, 6.45) is 3.73. The Balaban J connectivity index is 2.44. The molecule has 4 atom stereocenters. The van der Waals surface area contributed by atoms with E-state index in [9.17, 15) is 5.11 Å². The summed E-state index contributed by atoms with van der Waals surface area (Å²) in [6.45, 7) is 8.12. The van der Waals surface area contributed by atoms with Crippen molar-refractivity contribution in [3.8, 4) is 0 Å². The van der Waals surface area contributed by atoms with E-state index in [4.69, 9.17) is 4.74 Å². The van der Waals surface area contributed by atoms with Crippen LogP contribution >= 0.6 is 0 Å². The molecule has 19 heavy (non-hydrogen) atoms. The first-order valence-electron chi connectivity index (χ1n) is 7.79. The highest BCUT2D eigenvalue weighted by Gasteiger charge is 2.32. The minimum absolute atomic E-state index is 0.339. The van der Waals surface area contributed by atoms with Gasteiger partial charge in [0.1, 0.15) is 12.6 Å². The Hall–Kier alpha value is -0.120. The molecule has 0 aromatic carbocycles. The molecule has 0 amide bonds. The van der Waals surface area contributed by atoms with Gasteiger partial charge in [-0.05, 0) is 30.6 Å². The van der Waals surface area contributed by atoms with Crippen LogP contribution in [0.1, 0.15) is 40.0 Å². The van der Waals surface area contributed by atoms with Crippen LogP contribution in [-0.2, 0) is 4.74 Å². The number of hydrogen-bond acceptors (Lipinski definition) is 2. The van der Waals surface area contributed by atoms with E-state index in [1.807, 2.05) is 0 Å². The fraction of sp³-hybridized carbons (Fsp3) is 1.00. The van der Waals surface area contributed by atoms with Crippen LogP contribution in [0.15, 0.2) is 0 Å². The van der Waals surface area contributed by atoms with Gasteiger partial charge in [0.15, 0.2) is 0 Å². The second-order valence-corrected chi connectivity index (χ2v) is 7.82. The Kier molecular flexibility index (Phi) is 6.28. The average Bonchev–Trinajstić information content (AvgIpc) is 2.23. The van der Waals surface area contributed by atoms with Crippen molar-refractivity contribution in [2.75, 3.05) is 34.3 Å². The maximum Gasteiger partial charge on any atom is 0.126 e. The van der Waals surface area contributed by atoms with Crippen molar-refractivity contribution in [3.05, 3.63) is 0 Å². The maximum atomic E-state index is 10.1. The topological polar surface area (TPSA) is 29.5 Å². The van der Waals surface area contributed by atoms with Gasteiger partial charge in [-0.15, -0.1) is 0 Å². The molecule has 1 aliphatic carbocycles. The third kappa shape index (κ3) is 6.24. The molecule has 3 heteroatoms. The van der Waals surface area contributed by atoms with Crippen molar-refractivity contribution < 1.29 is 14.3 Å². The number of likely N-dealkylation sites (N-methyl/N-ethyl adjacent to an activating group) is 1. The van der Waals surface area contributed by atoms with Gasteiger partial charge >= 0.3 is 0 Å². The molecule has 0 aliphatic heterocycles. The highest BCUT2D eigenvalue weighted by atomic mass is 16.5. The molecule has 0 unspecified atom stereocenters. The zero-order valence-electron chi connectivity index (χ0n) is 13.7. The minimum atomic E-state index is -0.356. The summed E-state index contributed by atoms with van der Waals surface area (Å²) in [5.74, 6) is 2.09. The number of aliphatic hydroxyl groups is 1. The summed E-state index contributed by atoms with van der Waals surface area (Å²) in [5.41, 5.74) is 0. The Morgan fingerprint density at radius 1 is 1.21 bits per heavy atom. The second kappa shape index (κ2) is 7.05. The molecule has 0 radical (unpaired) electrons. The van der Waals surface area contributed by atoms with Gasteiger partial charge in [-0.3, -0.25) is 0 Å². The zero-order chi connectivity index (χ0) is 14.6. The highest BCUT2D eigenvalue weighted by molar-refractivity contribution is 4.81. The third-order valence-corrected chi connectivity index (χ3v) is 4.22. The molecule has 3 nitrogen and oxygen atoms in total. The van der Waals surface area contributed by atoms with Crippen LogP contribution in [0.5, 0.6) is 0 Å². The van der Waals surface area contributed by atoms with Crippen LogP contribution in [0.4, 0.5) is 0 Å². The molecule has 0 bridgehead atoms. The van der Waals surface area contributed by atoms with Crippen LogP contribution < -0.4 is 0 Å². The van der Waals surface area contributed by atoms with Crippen molar-refractivity contribution in [2.24, 2.45) is 17.8 Å². The van der Waals surface area contributed by atoms with Gasteiger partial charge in [0, 0.05) is 0 Å². The largest absolute Gasteiger partial charge is 0.385 e. The van der Waals surface area contributed by atoms with E-state index in [-0.39, 0.29) is 6.10 Å². The first-order chi connectivity index (χ1) is 8.69. The highest BCUT2D eigenvalue weighted by Crippen LogP contribution is 2.35. The van der Waals surface area contributed by atoms with Crippen LogP contribution in [-0.4, -0.2) is 56.1 Å². The van der Waals surface area contributed by atoms with Gasteiger partial charge in [-0.2, -0.15) is 0 Å². The normalized spacial score (nSPS) is 30.6. The number of hydrogen-bond donors (Lipinski definition) is 1. The smallest absolute Gasteiger partial charge is 0.126 e. The molecular weight excluding hydrogens is 238 g/mol. The van der Waals surface area contributed by atoms with E-state index in [0.717, 1.165) is 23.4 Å². The summed E-state index contributed by atoms with van der Waals surface area (Å²) >= 11 is 0. The van der Waals surface area contributed by atoms with E-state index in [1.165, 1.54) is 12.8 Å². The standard InChI is InChI=1S/C16H34NO2/c1-12(2)15-8-7-13(3)9-16(15)19-11-14(18)10-17(4,5)6/h12-16,18H,7-11H2,1-6H3/q+1/t13-,14+,15+,16+/m0/s1. The van der Waals surface area contributed by atoms with E-state index < -0.39 is 0 Å². The number of rotatable bonds is 6. The molecule has 1 saturated carbocycles. The van der Waals surface area contributed by atoms with Crippen molar-refractivity contribution in [1.29, 1.82) is 0 Å². The van der Waals surface area contributed by atoms with Crippen LogP contribution in [0.3, 0.4) is 0 Å². The molecule has 1 fully saturated rings. The van der Waals surface area contributed by atoms with Crippen LogP contribution in [0.25, 0.3) is 0 Å². The Bertz CT molecular complexity index is 260. The first-order valence-corrected chi connectivity index (χ1v) is 7.79. The van der Waals surface area contributed by atoms with Crippen molar-refractivity contribution in [1.82, 2.24) is 0 Å². The third-order valence-electron chi connectivity index (χ3n) is 4.22. The Labute approximate surface area is 119 Å². The van der Waals surface area contributed by atoms with Gasteiger partial charge in [0.2, 0.25) is 0 Å². The molecule has 0 aromatic heterocycles. The molecule has 0 heterocycles. The number of ether oxygens (including phenoxy) is 1. The van der Waals surface area contributed by atoms with Crippen molar-refractivity contribution in [3.63, 3.8) is 0 Å². The fourth-order valence-corrected chi connectivity index (χ4v) is 3.23. The lowest BCUT2D eigenvalue weighted by atomic mass is 9.75. The summed E-state index contributed by atoms with van der Waals surface area (Å²) in [7, 11) is 6.30. The molecule has 1 aliphatic rings. The van der Waals surface area contributed by atoms with Gasteiger partial charge < -0.3 is 14.3 Å². The Morgan fingerprint density at radius 3 is 2.37 bits per heavy atom. The van der Waals surface area contributed by atoms with Crippen molar-refractivity contribution >= 4 is 0 Å². The average molecular weight is 272 g/mol. The zero-order valence-corrected chi connectivity index (χ0v) is 13.7. The maximum absolute atomic E-state index is 10.1. The summed E-state index contributed by atoms with van der Waals surface area (Å²) < 4.78 is 6.85. The molecule has 0 aromatic rings. The summed E-state index contributed by atoms with van der Waals surface area (Å²) in [4.78, 5) is 0.